The second kappa shape index (κ2) is 5.82. The second-order valence-electron chi connectivity index (χ2n) is 7.29. The Morgan fingerprint density at radius 1 is 1.00 bits per heavy atom. The maximum absolute atomic E-state index is 12.4. The molecule has 5 N–H and O–H groups in total. The summed E-state index contributed by atoms with van der Waals surface area (Å²) in [7, 11) is 0. The normalized spacial score (nSPS) is 35.1. The molecule has 0 aromatic heterocycles. The summed E-state index contributed by atoms with van der Waals surface area (Å²) in [5, 5.41) is 21.2. The molecule has 0 aromatic carbocycles. The van der Waals surface area contributed by atoms with Gasteiger partial charge in [-0.3, -0.25) is 19.2 Å². The Morgan fingerprint density at radius 3 is 1.87 bits per heavy atom. The predicted octanol–water partition coefficient (Wildman–Crippen LogP) is -0.186. The number of nitrogens with two attached hydrogens (primary N) is 1. The molecule has 0 bridgehead atoms. The fourth-order valence-corrected chi connectivity index (χ4v) is 3.90. The van der Waals surface area contributed by atoms with Crippen LogP contribution in [-0.2, 0) is 19.2 Å². The van der Waals surface area contributed by atoms with Crippen LogP contribution in [0.3, 0.4) is 0 Å². The number of carbonyl (C=O) groups excluding carboxylic acids is 2. The molecule has 0 saturated heterocycles. The number of carbonyl (C=O) groups is 4. The summed E-state index contributed by atoms with van der Waals surface area (Å²) in [5.74, 6) is -9.78. The standard InChI is InChI=1S/C15H22N2O6/c1-15(2)4-3-6(5-15)17-12(19)8-9(13(20)21)7(11(16)18)10(8)14(22)23/h6-10H,3-5H2,1-2H3,(H2,16,18)(H,17,19)(H,20,21)(H,22,23). The van der Waals surface area contributed by atoms with E-state index in [4.69, 9.17) is 5.73 Å². The third-order valence-corrected chi connectivity index (χ3v) is 5.06. The van der Waals surface area contributed by atoms with Crippen LogP contribution in [-0.4, -0.2) is 40.0 Å². The lowest BCUT2D eigenvalue weighted by molar-refractivity contribution is -0.180. The Balaban J connectivity index is 2.14. The van der Waals surface area contributed by atoms with Crippen LogP contribution in [0.25, 0.3) is 0 Å². The molecule has 0 radical (unpaired) electrons. The van der Waals surface area contributed by atoms with Gasteiger partial charge in [0.05, 0.1) is 23.7 Å². The van der Waals surface area contributed by atoms with Crippen LogP contribution in [0.5, 0.6) is 0 Å². The average Bonchev–Trinajstić information content (AvgIpc) is 2.65. The zero-order valence-corrected chi connectivity index (χ0v) is 13.1. The van der Waals surface area contributed by atoms with Gasteiger partial charge in [-0.1, -0.05) is 13.8 Å². The minimum Gasteiger partial charge on any atom is -0.481 e. The Labute approximate surface area is 133 Å². The van der Waals surface area contributed by atoms with Crippen molar-refractivity contribution >= 4 is 23.8 Å². The van der Waals surface area contributed by atoms with Gasteiger partial charge in [0.15, 0.2) is 0 Å². The van der Waals surface area contributed by atoms with Crippen LogP contribution in [0.1, 0.15) is 33.1 Å². The van der Waals surface area contributed by atoms with E-state index >= 15 is 0 Å². The predicted molar refractivity (Wildman–Crippen MR) is 78.0 cm³/mol. The molecule has 2 amide bonds. The van der Waals surface area contributed by atoms with Crippen LogP contribution in [0.2, 0.25) is 0 Å². The van der Waals surface area contributed by atoms with Gasteiger partial charge >= 0.3 is 11.9 Å². The Bertz CT molecular complexity index is 536. The van der Waals surface area contributed by atoms with Gasteiger partial charge in [-0.05, 0) is 24.7 Å². The van der Waals surface area contributed by atoms with Crippen molar-refractivity contribution in [2.24, 2.45) is 34.8 Å². The summed E-state index contributed by atoms with van der Waals surface area (Å²) >= 11 is 0. The Morgan fingerprint density at radius 2 is 1.52 bits per heavy atom. The van der Waals surface area contributed by atoms with Gasteiger partial charge in [-0.25, -0.2) is 0 Å². The van der Waals surface area contributed by atoms with Crippen LogP contribution < -0.4 is 11.1 Å². The number of primary amides is 1. The number of aliphatic carboxylic acids is 2. The highest BCUT2D eigenvalue weighted by atomic mass is 16.4. The van der Waals surface area contributed by atoms with Crippen molar-refractivity contribution in [1.29, 1.82) is 0 Å². The van der Waals surface area contributed by atoms with Gasteiger partial charge < -0.3 is 21.3 Å². The molecule has 0 aliphatic heterocycles. The number of carboxylic acid groups (broad SMARTS) is 2. The van der Waals surface area contributed by atoms with E-state index in [2.05, 4.69) is 19.2 Å². The van der Waals surface area contributed by atoms with Crippen molar-refractivity contribution in [3.63, 3.8) is 0 Å². The second-order valence-corrected chi connectivity index (χ2v) is 7.29. The molecule has 128 valence electrons. The highest BCUT2D eigenvalue weighted by Crippen LogP contribution is 2.47. The van der Waals surface area contributed by atoms with E-state index in [0.29, 0.717) is 0 Å². The van der Waals surface area contributed by atoms with E-state index < -0.39 is 47.4 Å². The smallest absolute Gasteiger partial charge is 0.308 e. The van der Waals surface area contributed by atoms with E-state index in [0.717, 1.165) is 19.3 Å². The van der Waals surface area contributed by atoms with Crippen molar-refractivity contribution < 1.29 is 29.4 Å². The molecule has 3 atom stereocenters. The summed E-state index contributed by atoms with van der Waals surface area (Å²) < 4.78 is 0. The molecule has 0 heterocycles. The summed E-state index contributed by atoms with van der Waals surface area (Å²) in [5.41, 5.74) is 5.21. The molecular formula is C15H22N2O6. The van der Waals surface area contributed by atoms with Gasteiger partial charge in [0, 0.05) is 6.04 Å². The van der Waals surface area contributed by atoms with E-state index in [1.807, 2.05) is 0 Å². The average molecular weight is 326 g/mol. The molecular weight excluding hydrogens is 304 g/mol. The first-order valence-corrected chi connectivity index (χ1v) is 7.60. The van der Waals surface area contributed by atoms with Gasteiger partial charge in [-0.15, -0.1) is 0 Å². The van der Waals surface area contributed by atoms with E-state index in [1.165, 1.54) is 0 Å². The summed E-state index contributed by atoms with van der Waals surface area (Å²) in [6.07, 6.45) is 2.44. The summed E-state index contributed by atoms with van der Waals surface area (Å²) in [4.78, 5) is 46.5. The summed E-state index contributed by atoms with van der Waals surface area (Å²) in [6, 6.07) is -0.103. The number of carboxylic acids is 2. The summed E-state index contributed by atoms with van der Waals surface area (Å²) in [6.45, 7) is 4.15. The lowest BCUT2D eigenvalue weighted by Crippen LogP contribution is -2.63. The molecule has 3 unspecified atom stereocenters. The minimum atomic E-state index is -1.39. The van der Waals surface area contributed by atoms with Crippen molar-refractivity contribution in [3.05, 3.63) is 0 Å². The van der Waals surface area contributed by atoms with E-state index in [-0.39, 0.29) is 11.5 Å². The topological polar surface area (TPSA) is 147 Å². The molecule has 2 saturated carbocycles. The quantitative estimate of drug-likeness (QED) is 0.551. The largest absolute Gasteiger partial charge is 0.481 e. The van der Waals surface area contributed by atoms with Crippen LogP contribution in [0.4, 0.5) is 0 Å². The van der Waals surface area contributed by atoms with Crippen LogP contribution >= 0.6 is 0 Å². The Hall–Kier alpha value is -2.12. The molecule has 8 nitrogen and oxygen atoms in total. The molecule has 2 fully saturated rings. The third-order valence-electron chi connectivity index (χ3n) is 5.06. The highest BCUT2D eigenvalue weighted by molar-refractivity contribution is 5.99. The fourth-order valence-electron chi connectivity index (χ4n) is 3.90. The molecule has 2 aliphatic rings. The van der Waals surface area contributed by atoms with Gasteiger partial charge in [0.25, 0.3) is 0 Å². The van der Waals surface area contributed by atoms with E-state index in [1.54, 1.807) is 0 Å². The minimum absolute atomic E-state index is 0.0890. The fraction of sp³-hybridized carbons (Fsp3) is 0.733. The van der Waals surface area contributed by atoms with Crippen molar-refractivity contribution in [3.8, 4) is 0 Å². The van der Waals surface area contributed by atoms with Gasteiger partial charge in [0.1, 0.15) is 0 Å². The van der Waals surface area contributed by atoms with Crippen LogP contribution in [0.15, 0.2) is 0 Å². The number of hydrogen-bond donors (Lipinski definition) is 4. The SMILES string of the molecule is CC1(C)CCC(NC(=O)C2C(C(=O)O)C(C(N)=O)C2C(=O)O)C1. The number of hydrogen-bond acceptors (Lipinski definition) is 4. The zero-order chi connectivity index (χ0) is 17.5. The van der Waals surface area contributed by atoms with Gasteiger partial charge in [-0.2, -0.15) is 0 Å². The monoisotopic (exact) mass is 326 g/mol. The van der Waals surface area contributed by atoms with E-state index in [9.17, 15) is 29.4 Å². The lowest BCUT2D eigenvalue weighted by Gasteiger charge is -2.44. The number of rotatable bonds is 5. The number of amides is 2. The Kier molecular flexibility index (Phi) is 4.37. The van der Waals surface area contributed by atoms with Gasteiger partial charge in [0.2, 0.25) is 11.8 Å². The molecule has 2 rings (SSSR count). The van der Waals surface area contributed by atoms with Crippen LogP contribution in [0, 0.1) is 29.1 Å². The molecule has 2 aliphatic carbocycles. The molecule has 0 aromatic rings. The van der Waals surface area contributed by atoms with Crippen molar-refractivity contribution in [2.45, 2.75) is 39.2 Å². The maximum atomic E-state index is 12.4. The first kappa shape index (κ1) is 17.2. The molecule has 8 heteroatoms. The van der Waals surface area contributed by atoms with Crippen molar-refractivity contribution in [2.75, 3.05) is 0 Å². The molecule has 0 spiro atoms. The number of nitrogens with one attached hydrogen (secondary N) is 1. The first-order valence-electron chi connectivity index (χ1n) is 7.60. The lowest BCUT2D eigenvalue weighted by atomic mass is 9.55. The van der Waals surface area contributed by atoms with Crippen molar-refractivity contribution in [1.82, 2.24) is 5.32 Å². The maximum Gasteiger partial charge on any atom is 0.308 e. The molecule has 23 heavy (non-hydrogen) atoms. The first-order chi connectivity index (χ1) is 10.5. The third kappa shape index (κ3) is 3.16. The highest BCUT2D eigenvalue weighted by Gasteiger charge is 2.63. The zero-order valence-electron chi connectivity index (χ0n) is 13.1.